The molecule has 1 atom stereocenters. The SMILES string of the molecule is O=[C]C(C(=O)O)c1ccc(O)c(Cl)c1. The fourth-order valence-corrected chi connectivity index (χ4v) is 1.15. The highest BCUT2D eigenvalue weighted by molar-refractivity contribution is 6.32. The number of halogens is 1. The van der Waals surface area contributed by atoms with Crippen molar-refractivity contribution < 1.29 is 19.8 Å². The highest BCUT2D eigenvalue weighted by atomic mass is 35.5. The molecule has 0 heterocycles. The van der Waals surface area contributed by atoms with E-state index in [0.717, 1.165) is 0 Å². The second kappa shape index (κ2) is 4.11. The summed E-state index contributed by atoms with van der Waals surface area (Å²) in [5.41, 5.74) is 0.190. The van der Waals surface area contributed by atoms with Gasteiger partial charge in [0.1, 0.15) is 11.7 Å². The van der Waals surface area contributed by atoms with Gasteiger partial charge in [0.25, 0.3) is 0 Å². The first kappa shape index (κ1) is 10.5. The molecule has 1 rings (SSSR count). The summed E-state index contributed by atoms with van der Waals surface area (Å²) in [5, 5.41) is 17.7. The molecule has 0 amide bonds. The summed E-state index contributed by atoms with van der Waals surface area (Å²) < 4.78 is 0. The Bertz CT molecular complexity index is 375. The van der Waals surface area contributed by atoms with Crippen molar-refractivity contribution in [2.75, 3.05) is 0 Å². The average molecular weight is 214 g/mol. The number of hydrogen-bond donors (Lipinski definition) is 2. The van der Waals surface area contributed by atoms with Crippen molar-refractivity contribution >= 4 is 23.9 Å². The van der Waals surface area contributed by atoms with Gasteiger partial charge in [-0.2, -0.15) is 0 Å². The normalized spacial score (nSPS) is 12.1. The predicted molar refractivity (Wildman–Crippen MR) is 49.2 cm³/mol. The Labute approximate surface area is 84.7 Å². The lowest BCUT2D eigenvalue weighted by atomic mass is 10.0. The third kappa shape index (κ3) is 2.03. The van der Waals surface area contributed by atoms with Gasteiger partial charge < -0.3 is 10.2 Å². The van der Waals surface area contributed by atoms with Gasteiger partial charge in [-0.15, -0.1) is 0 Å². The van der Waals surface area contributed by atoms with Crippen molar-refractivity contribution in [2.24, 2.45) is 0 Å². The minimum atomic E-state index is -1.37. The highest BCUT2D eigenvalue weighted by Gasteiger charge is 2.20. The maximum Gasteiger partial charge on any atom is 0.319 e. The van der Waals surface area contributed by atoms with Crippen molar-refractivity contribution in [2.45, 2.75) is 5.92 Å². The summed E-state index contributed by atoms with van der Waals surface area (Å²) in [7, 11) is 0. The fraction of sp³-hybridized carbons (Fsp3) is 0.111. The molecule has 0 aliphatic carbocycles. The number of rotatable bonds is 3. The molecule has 0 aliphatic heterocycles. The van der Waals surface area contributed by atoms with E-state index in [1.54, 1.807) is 0 Å². The monoisotopic (exact) mass is 213 g/mol. The molecule has 0 saturated carbocycles. The summed E-state index contributed by atoms with van der Waals surface area (Å²) in [6.07, 6.45) is 1.37. The minimum Gasteiger partial charge on any atom is -0.506 e. The van der Waals surface area contributed by atoms with Gasteiger partial charge in [-0.1, -0.05) is 17.7 Å². The zero-order chi connectivity index (χ0) is 10.7. The second-order valence-corrected chi connectivity index (χ2v) is 3.01. The number of benzene rings is 1. The van der Waals surface area contributed by atoms with Crippen LogP contribution in [0, 0.1) is 0 Å². The van der Waals surface area contributed by atoms with E-state index in [4.69, 9.17) is 21.8 Å². The molecule has 73 valence electrons. The van der Waals surface area contributed by atoms with Gasteiger partial charge in [0.2, 0.25) is 6.29 Å². The summed E-state index contributed by atoms with van der Waals surface area (Å²) in [4.78, 5) is 20.9. The van der Waals surface area contributed by atoms with E-state index >= 15 is 0 Å². The van der Waals surface area contributed by atoms with Gasteiger partial charge in [-0.25, -0.2) is 0 Å². The lowest BCUT2D eigenvalue weighted by Gasteiger charge is -2.05. The third-order valence-corrected chi connectivity index (χ3v) is 1.97. The van der Waals surface area contributed by atoms with Gasteiger partial charge in [-0.05, 0) is 17.7 Å². The fourth-order valence-electron chi connectivity index (χ4n) is 0.964. The van der Waals surface area contributed by atoms with Crippen molar-refractivity contribution in [3.8, 4) is 5.75 Å². The third-order valence-electron chi connectivity index (χ3n) is 1.67. The number of aromatic hydroxyl groups is 1. The van der Waals surface area contributed by atoms with Crippen LogP contribution >= 0.6 is 11.6 Å². The van der Waals surface area contributed by atoms with Gasteiger partial charge in [0.15, 0.2) is 0 Å². The van der Waals surface area contributed by atoms with Crippen LogP contribution < -0.4 is 0 Å². The Balaban J connectivity index is 3.12. The van der Waals surface area contributed by atoms with Crippen molar-refractivity contribution in [3.63, 3.8) is 0 Å². The van der Waals surface area contributed by atoms with Crippen molar-refractivity contribution in [3.05, 3.63) is 28.8 Å². The summed E-state index contributed by atoms with van der Waals surface area (Å²) in [5.74, 6) is -2.83. The topological polar surface area (TPSA) is 74.6 Å². The molecular formula is C9H6ClO4. The molecule has 1 aromatic rings. The van der Waals surface area contributed by atoms with E-state index in [-0.39, 0.29) is 16.3 Å². The van der Waals surface area contributed by atoms with Gasteiger partial charge in [-0.3, -0.25) is 9.59 Å². The van der Waals surface area contributed by atoms with Crippen LogP contribution in [0.15, 0.2) is 18.2 Å². The zero-order valence-corrected chi connectivity index (χ0v) is 7.65. The van der Waals surface area contributed by atoms with Crippen LogP contribution in [0.5, 0.6) is 5.75 Å². The predicted octanol–water partition coefficient (Wildman–Crippen LogP) is 1.32. The van der Waals surface area contributed by atoms with Crippen LogP contribution in [-0.2, 0) is 9.59 Å². The van der Waals surface area contributed by atoms with E-state index in [9.17, 15) is 9.59 Å². The molecule has 1 aromatic carbocycles. The lowest BCUT2D eigenvalue weighted by molar-refractivity contribution is -0.137. The first-order valence-corrected chi connectivity index (χ1v) is 4.03. The molecule has 2 N–H and O–H groups in total. The number of hydrogen-bond acceptors (Lipinski definition) is 3. The van der Waals surface area contributed by atoms with Crippen LogP contribution in [0.25, 0.3) is 0 Å². The van der Waals surface area contributed by atoms with E-state index in [1.165, 1.54) is 24.5 Å². The molecular weight excluding hydrogens is 208 g/mol. The van der Waals surface area contributed by atoms with Crippen molar-refractivity contribution in [1.82, 2.24) is 0 Å². The van der Waals surface area contributed by atoms with Crippen LogP contribution in [0.1, 0.15) is 11.5 Å². The molecule has 0 aromatic heterocycles. The number of carbonyl (C=O) groups is 1. The number of carboxylic acid groups (broad SMARTS) is 1. The summed E-state index contributed by atoms with van der Waals surface area (Å²) in [6.45, 7) is 0. The highest BCUT2D eigenvalue weighted by Crippen LogP contribution is 2.26. The molecule has 5 heteroatoms. The number of phenols is 1. The molecule has 0 fully saturated rings. The van der Waals surface area contributed by atoms with E-state index in [1.807, 2.05) is 0 Å². The number of aliphatic carboxylic acids is 1. The van der Waals surface area contributed by atoms with Gasteiger partial charge >= 0.3 is 5.97 Å². The number of carboxylic acids is 1. The molecule has 14 heavy (non-hydrogen) atoms. The van der Waals surface area contributed by atoms with E-state index in [0.29, 0.717) is 0 Å². The summed E-state index contributed by atoms with van der Waals surface area (Å²) >= 11 is 5.55. The molecule has 0 spiro atoms. The second-order valence-electron chi connectivity index (χ2n) is 2.60. The molecule has 4 nitrogen and oxygen atoms in total. The molecule has 1 radical (unpaired) electrons. The van der Waals surface area contributed by atoms with Crippen molar-refractivity contribution in [1.29, 1.82) is 0 Å². The van der Waals surface area contributed by atoms with Crippen LogP contribution in [0.4, 0.5) is 0 Å². The van der Waals surface area contributed by atoms with E-state index < -0.39 is 11.9 Å². The Hall–Kier alpha value is -1.55. The number of phenolic OH excluding ortho intramolecular Hbond substituents is 1. The first-order chi connectivity index (χ1) is 6.56. The Morgan fingerprint density at radius 2 is 2.14 bits per heavy atom. The number of carbonyl (C=O) groups excluding carboxylic acids is 1. The Kier molecular flexibility index (Phi) is 3.09. The summed E-state index contributed by atoms with van der Waals surface area (Å²) in [6, 6.07) is 3.76. The molecule has 1 unspecified atom stereocenters. The zero-order valence-electron chi connectivity index (χ0n) is 6.90. The van der Waals surface area contributed by atoms with Crippen LogP contribution in [-0.4, -0.2) is 22.5 Å². The quantitative estimate of drug-likeness (QED) is 0.743. The minimum absolute atomic E-state index is 0.00370. The Morgan fingerprint density at radius 1 is 1.50 bits per heavy atom. The van der Waals surface area contributed by atoms with E-state index in [2.05, 4.69) is 0 Å². The Morgan fingerprint density at radius 3 is 2.57 bits per heavy atom. The first-order valence-electron chi connectivity index (χ1n) is 3.65. The maximum atomic E-state index is 10.6. The van der Waals surface area contributed by atoms with Gasteiger partial charge in [0.05, 0.1) is 5.02 Å². The largest absolute Gasteiger partial charge is 0.506 e. The van der Waals surface area contributed by atoms with Gasteiger partial charge in [0, 0.05) is 0 Å². The molecule has 0 aliphatic rings. The smallest absolute Gasteiger partial charge is 0.319 e. The maximum absolute atomic E-state index is 10.6. The molecule has 0 bridgehead atoms. The lowest BCUT2D eigenvalue weighted by Crippen LogP contribution is -2.12. The molecule has 0 saturated heterocycles. The standard InChI is InChI=1S/C9H6ClO4/c10-7-3-5(1-2-8(7)12)6(4-11)9(13)14/h1-3,6,12H,(H,13,14). The van der Waals surface area contributed by atoms with Crippen LogP contribution in [0.2, 0.25) is 5.02 Å². The van der Waals surface area contributed by atoms with Crippen LogP contribution in [0.3, 0.4) is 0 Å². The average Bonchev–Trinajstić information content (AvgIpc) is 2.11.